The first kappa shape index (κ1) is 40.6. The van der Waals surface area contributed by atoms with Gasteiger partial charge in [-0.2, -0.15) is 11.8 Å². The predicted molar refractivity (Wildman–Crippen MR) is 202 cm³/mol. The predicted octanol–water partition coefficient (Wildman–Crippen LogP) is 4.02. The van der Waals surface area contributed by atoms with E-state index in [1.54, 1.807) is 13.2 Å². The van der Waals surface area contributed by atoms with Gasteiger partial charge in [0.25, 0.3) is 10.0 Å². The van der Waals surface area contributed by atoms with Gasteiger partial charge in [0.1, 0.15) is 37.5 Å². The third-order valence-corrected chi connectivity index (χ3v) is 12.8. The highest BCUT2D eigenvalue weighted by molar-refractivity contribution is 7.99. The van der Waals surface area contributed by atoms with E-state index in [-0.39, 0.29) is 90.8 Å². The van der Waals surface area contributed by atoms with Gasteiger partial charge in [0.15, 0.2) is 5.78 Å². The van der Waals surface area contributed by atoms with E-state index in [2.05, 4.69) is 4.72 Å². The molecule has 0 aliphatic heterocycles. The van der Waals surface area contributed by atoms with Crippen LogP contribution < -0.4 is 9.83 Å². The van der Waals surface area contributed by atoms with Crippen LogP contribution in [0.15, 0.2) is 87.5 Å². The molecule has 0 fully saturated rings. The Balaban J connectivity index is 1.58. The van der Waals surface area contributed by atoms with Crippen molar-refractivity contribution in [2.24, 2.45) is 0 Å². The molecule has 1 aliphatic carbocycles. The number of phenolic OH excluding ortho intramolecular Hbond substituents is 3. The Morgan fingerprint density at radius 2 is 1.00 bits per heavy atom. The van der Waals surface area contributed by atoms with Crippen LogP contribution in [0.1, 0.15) is 60.4 Å². The summed E-state index contributed by atoms with van der Waals surface area (Å²) in [4.78, 5) is 10.6. The maximum atomic E-state index is 13.9. The topological polar surface area (TPSA) is 261 Å². The van der Waals surface area contributed by atoms with Crippen LogP contribution in [0.5, 0.6) is 23.0 Å². The number of aromatic hydroxyl groups is 3. The lowest BCUT2D eigenvalue weighted by molar-refractivity contribution is -0.270. The normalized spacial score (nSPS) is 13.3. The van der Waals surface area contributed by atoms with Crippen molar-refractivity contribution in [1.29, 1.82) is 0 Å². The van der Waals surface area contributed by atoms with Crippen LogP contribution in [-0.2, 0) is 55.9 Å². The van der Waals surface area contributed by atoms with Gasteiger partial charge in [-0.05, 0) is 95.1 Å². The summed E-state index contributed by atoms with van der Waals surface area (Å²) in [6.07, 6.45) is -0.0667. The van der Waals surface area contributed by atoms with Crippen molar-refractivity contribution in [3.05, 3.63) is 128 Å². The molecule has 5 aromatic carbocycles. The van der Waals surface area contributed by atoms with Gasteiger partial charge in [0, 0.05) is 48.1 Å². The number of hydrogen-bond donors (Lipinski definition) is 4. The van der Waals surface area contributed by atoms with Crippen LogP contribution in [0.25, 0.3) is 0 Å². The molecular formula is C38H32NO13S4-3. The SMILES string of the molecule is CSCC(=O)c1ccc(S(=O)(=O)Nc2cc3c(O)c(c2)Cc2cc(S(=O)(=O)[O-])cc(c2O)Cc2cc(C)cc(c2O)Cc2cc(S(=O)(=O)[O-])cc(c2[O-])C3)cc1. The number of ketones is 1. The van der Waals surface area contributed by atoms with Crippen molar-refractivity contribution < 1.29 is 59.6 Å². The Hall–Kier alpha value is -5.11. The number of benzene rings is 5. The molecule has 0 saturated carbocycles. The van der Waals surface area contributed by atoms with Crippen molar-refractivity contribution in [3.63, 3.8) is 0 Å². The minimum atomic E-state index is -5.16. The van der Waals surface area contributed by atoms with Crippen molar-refractivity contribution >= 4 is 53.5 Å². The van der Waals surface area contributed by atoms with E-state index in [0.717, 1.165) is 30.3 Å². The molecule has 4 N–H and O–H groups in total. The summed E-state index contributed by atoms with van der Waals surface area (Å²) in [6.45, 7) is 1.65. The number of Topliss-reactive ketones (excluding diaryl/α,β-unsaturated/α-hetero) is 1. The van der Waals surface area contributed by atoms with Crippen molar-refractivity contribution in [1.82, 2.24) is 0 Å². The summed E-state index contributed by atoms with van der Waals surface area (Å²) < 4.78 is 103. The van der Waals surface area contributed by atoms with Crippen molar-refractivity contribution in [2.75, 3.05) is 16.7 Å². The first-order valence-corrected chi connectivity index (χ1v) is 22.2. The maximum absolute atomic E-state index is 13.9. The van der Waals surface area contributed by atoms with Crippen LogP contribution in [0.2, 0.25) is 0 Å². The fraction of sp³-hybridized carbons (Fsp3) is 0.184. The molecule has 14 nitrogen and oxygen atoms in total. The van der Waals surface area contributed by atoms with Gasteiger partial charge in [-0.25, -0.2) is 25.3 Å². The quantitative estimate of drug-likeness (QED) is 0.0959. The first-order valence-electron chi connectivity index (χ1n) is 16.5. The number of phenols is 3. The number of nitrogens with one attached hydrogen (secondary N) is 1. The minimum Gasteiger partial charge on any atom is -0.872 e. The number of hydrogen-bond acceptors (Lipinski definition) is 14. The van der Waals surface area contributed by atoms with Crippen LogP contribution >= 0.6 is 11.8 Å². The maximum Gasteiger partial charge on any atom is 0.261 e. The summed E-state index contributed by atoms with van der Waals surface area (Å²) >= 11 is 1.30. The van der Waals surface area contributed by atoms with E-state index in [0.29, 0.717) is 5.56 Å². The Morgan fingerprint density at radius 1 is 0.625 bits per heavy atom. The average Bonchev–Trinajstić information content (AvgIpc) is 3.10. The number of rotatable bonds is 8. The van der Waals surface area contributed by atoms with E-state index in [1.165, 1.54) is 54.2 Å². The molecule has 6 rings (SSSR count). The highest BCUT2D eigenvalue weighted by Gasteiger charge is 2.23. The molecule has 294 valence electrons. The summed E-state index contributed by atoms with van der Waals surface area (Å²) in [7, 11) is -14.7. The third-order valence-electron chi connectivity index (χ3n) is 9.25. The molecule has 0 spiro atoms. The van der Waals surface area contributed by atoms with Gasteiger partial charge in [0.2, 0.25) is 0 Å². The number of carbonyl (C=O) groups is 1. The molecule has 5 aromatic rings. The number of thioether (sulfide) groups is 1. The number of sulfonamides is 1. The molecule has 1 aliphatic rings. The molecule has 18 heteroatoms. The van der Waals surface area contributed by atoms with E-state index in [9.17, 15) is 59.6 Å². The fourth-order valence-corrected chi connectivity index (χ4v) is 9.25. The van der Waals surface area contributed by atoms with Gasteiger partial charge in [-0.15, -0.1) is 5.75 Å². The van der Waals surface area contributed by atoms with Crippen molar-refractivity contribution in [3.8, 4) is 23.0 Å². The average molecular weight is 839 g/mol. The van der Waals surface area contributed by atoms with Crippen LogP contribution in [0.3, 0.4) is 0 Å². The van der Waals surface area contributed by atoms with Gasteiger partial charge in [-0.1, -0.05) is 29.8 Å². The van der Waals surface area contributed by atoms with Crippen molar-refractivity contribution in [2.45, 2.75) is 47.3 Å². The molecule has 0 heterocycles. The second-order valence-electron chi connectivity index (χ2n) is 13.3. The van der Waals surface area contributed by atoms with E-state index >= 15 is 0 Å². The highest BCUT2D eigenvalue weighted by atomic mass is 32.2. The Bertz CT molecular complexity index is 2630. The standard InChI is InChI=1S/C38H35NO13S4/c1-20-7-22-9-26-15-32(55(47,48)49)17-28(37(26)43)11-24-13-30(39-54(45,46)31-5-3-21(4-6-31)34(40)19-53-2)14-25(36(24)42)12-29-18-33(56(50,51)52)16-27(38(29)44)10-23(8-20)35(22)41/h3-8,13-18,39,41-44H,9-12,19H2,1-2H3,(H,47,48,49)(H,50,51,52)/p-3. The lowest BCUT2D eigenvalue weighted by Crippen LogP contribution is -2.14. The fourth-order valence-electron chi connectivity index (χ4n) is 6.63. The first-order chi connectivity index (χ1) is 26.1. The Labute approximate surface area is 327 Å². The van der Waals surface area contributed by atoms with Gasteiger partial charge >= 0.3 is 0 Å². The molecule has 56 heavy (non-hydrogen) atoms. The summed E-state index contributed by atoms with van der Waals surface area (Å²) in [5.74, 6) is -2.21. The molecule has 0 amide bonds. The smallest absolute Gasteiger partial charge is 0.261 e. The number of fused-ring (bicyclic) bond motifs is 8. The van der Waals surface area contributed by atoms with Gasteiger partial charge in [-0.3, -0.25) is 9.52 Å². The van der Waals surface area contributed by atoms with Crippen LogP contribution in [-0.4, -0.2) is 67.5 Å². The zero-order valence-electron chi connectivity index (χ0n) is 29.5. The third kappa shape index (κ3) is 8.49. The number of anilines is 1. The lowest BCUT2D eigenvalue weighted by Gasteiger charge is -2.24. The van der Waals surface area contributed by atoms with E-state index < -0.39 is 70.1 Å². The monoisotopic (exact) mass is 838 g/mol. The number of aryl methyl sites for hydroxylation is 1. The molecule has 0 saturated heterocycles. The molecule has 0 radical (unpaired) electrons. The molecule has 0 unspecified atom stereocenters. The Morgan fingerprint density at radius 3 is 1.41 bits per heavy atom. The van der Waals surface area contributed by atoms with Crippen LogP contribution in [0.4, 0.5) is 5.69 Å². The Kier molecular flexibility index (Phi) is 10.9. The van der Waals surface area contributed by atoms with Gasteiger partial charge < -0.3 is 29.5 Å². The van der Waals surface area contributed by atoms with Gasteiger partial charge in [0.05, 0.1) is 20.4 Å². The largest absolute Gasteiger partial charge is 0.872 e. The number of carbonyl (C=O) groups excluding carboxylic acids is 1. The molecule has 0 aromatic heterocycles. The second-order valence-corrected chi connectivity index (χ2v) is 18.6. The zero-order chi connectivity index (χ0) is 40.9. The highest BCUT2D eigenvalue weighted by Crippen LogP contribution is 2.40. The second kappa shape index (κ2) is 15.1. The summed E-state index contributed by atoms with van der Waals surface area (Å²) in [5.41, 5.74) is -0.188. The van der Waals surface area contributed by atoms with E-state index in [4.69, 9.17) is 0 Å². The minimum absolute atomic E-state index is 0.113. The lowest BCUT2D eigenvalue weighted by atomic mass is 9.90. The van der Waals surface area contributed by atoms with E-state index in [1.807, 2.05) is 0 Å². The summed E-state index contributed by atoms with van der Waals surface area (Å²) in [5, 5.41) is 48.4. The zero-order valence-corrected chi connectivity index (χ0v) is 32.8. The molecule has 0 atom stereocenters. The molecular weight excluding hydrogens is 807 g/mol. The summed E-state index contributed by atoms with van der Waals surface area (Å²) in [6, 6.07) is 14.0. The van der Waals surface area contributed by atoms with Crippen LogP contribution in [0, 0.1) is 6.92 Å². The molecule has 8 bridgehead atoms.